The second-order valence-electron chi connectivity index (χ2n) is 7.21. The van der Waals surface area contributed by atoms with E-state index in [9.17, 15) is 0 Å². The fraction of sp³-hybridized carbons (Fsp3) is 0.273. The zero-order chi connectivity index (χ0) is 27.2. The molecule has 10 nitrogen and oxygen atoms in total. The Kier molecular flexibility index (Phi) is 13.4. The number of halogens is 3. The molecule has 0 saturated carbocycles. The Hall–Kier alpha value is -2.68. The molecule has 15 heteroatoms. The van der Waals surface area contributed by atoms with Crippen molar-refractivity contribution >= 4 is 84.7 Å². The number of thioether (sulfide) groups is 2. The first-order valence-corrected chi connectivity index (χ1v) is 13.9. The highest BCUT2D eigenvalue weighted by molar-refractivity contribution is 9.12. The number of hydrogen-bond donors (Lipinski definition) is 1. The maximum absolute atomic E-state index is 8.46. The van der Waals surface area contributed by atoms with Gasteiger partial charge in [0.1, 0.15) is 27.0 Å². The van der Waals surface area contributed by atoms with E-state index in [-0.39, 0.29) is 0 Å². The highest BCUT2D eigenvalue weighted by atomic mass is 79.9. The van der Waals surface area contributed by atoms with Gasteiger partial charge in [0.15, 0.2) is 5.17 Å². The van der Waals surface area contributed by atoms with Gasteiger partial charge in [-0.2, -0.15) is 10.5 Å². The molecule has 0 aliphatic carbocycles. The zero-order valence-corrected chi connectivity index (χ0v) is 24.5. The molecular formula is C22H21BrCl2N10S2. The van der Waals surface area contributed by atoms with Crippen molar-refractivity contribution < 1.29 is 0 Å². The van der Waals surface area contributed by atoms with Crippen LogP contribution in [0.1, 0.15) is 11.1 Å². The van der Waals surface area contributed by atoms with Crippen molar-refractivity contribution in [2.75, 3.05) is 25.6 Å². The Bertz CT molecular complexity index is 1240. The molecule has 2 aliphatic heterocycles. The van der Waals surface area contributed by atoms with Crippen molar-refractivity contribution in [1.82, 2.24) is 19.8 Å². The van der Waals surface area contributed by atoms with Gasteiger partial charge in [0.2, 0.25) is 11.4 Å². The molecule has 0 radical (unpaired) electrons. The summed E-state index contributed by atoms with van der Waals surface area (Å²) in [5.41, 5.74) is 2.14. The van der Waals surface area contributed by atoms with E-state index in [0.717, 1.165) is 40.8 Å². The van der Waals surface area contributed by atoms with Gasteiger partial charge in [0.05, 0.1) is 11.5 Å². The highest BCUT2D eigenvalue weighted by Crippen LogP contribution is 2.18. The molecule has 0 amide bonds. The van der Waals surface area contributed by atoms with Crippen LogP contribution < -0.4 is 0 Å². The summed E-state index contributed by atoms with van der Waals surface area (Å²) >= 11 is 16.8. The van der Waals surface area contributed by atoms with E-state index in [1.165, 1.54) is 23.5 Å². The topological polar surface area (TPSA) is 141 Å². The van der Waals surface area contributed by atoms with E-state index < -0.39 is 0 Å². The molecule has 0 atom stereocenters. The number of nitrogens with zero attached hydrogens (tertiary/aromatic N) is 9. The number of pyridine rings is 2. The molecule has 4 rings (SSSR count). The lowest BCUT2D eigenvalue weighted by Crippen LogP contribution is -2.26. The molecule has 0 bridgehead atoms. The van der Waals surface area contributed by atoms with Crippen molar-refractivity contribution in [3.63, 3.8) is 0 Å². The summed E-state index contributed by atoms with van der Waals surface area (Å²) in [5, 5.41) is 25.0. The summed E-state index contributed by atoms with van der Waals surface area (Å²) in [5.74, 6) is 3.35. The van der Waals surface area contributed by atoms with E-state index in [1.54, 1.807) is 35.7 Å². The van der Waals surface area contributed by atoms with Gasteiger partial charge in [-0.1, -0.05) is 58.9 Å². The minimum absolute atomic E-state index is 0.385. The summed E-state index contributed by atoms with van der Waals surface area (Å²) in [7, 11) is 3.91. The third-order valence-electron chi connectivity index (χ3n) is 4.57. The number of nitriles is 2. The Morgan fingerprint density at radius 3 is 1.84 bits per heavy atom. The number of nitrogens with one attached hydrogen (secondary N) is 1. The molecule has 4 heterocycles. The van der Waals surface area contributed by atoms with Gasteiger partial charge < -0.3 is 9.80 Å². The Labute approximate surface area is 242 Å². The third kappa shape index (κ3) is 11.1. The monoisotopic (exact) mass is 638 g/mol. The molecule has 0 aromatic carbocycles. The largest absolute Gasteiger partial charge is 0.358 e. The summed E-state index contributed by atoms with van der Waals surface area (Å²) in [6, 6.07) is 7.41. The van der Waals surface area contributed by atoms with Gasteiger partial charge in [-0.05, 0) is 23.3 Å². The number of amidine groups is 4. The maximum atomic E-state index is 8.46. The van der Waals surface area contributed by atoms with Crippen LogP contribution in [-0.2, 0) is 13.1 Å². The molecule has 192 valence electrons. The molecule has 0 saturated heterocycles. The lowest BCUT2D eigenvalue weighted by Gasteiger charge is -2.17. The van der Waals surface area contributed by atoms with Gasteiger partial charge in [-0.15, -0.1) is 4.99 Å². The van der Waals surface area contributed by atoms with Crippen LogP contribution in [0.2, 0.25) is 10.3 Å². The highest BCUT2D eigenvalue weighted by Gasteiger charge is 2.17. The van der Waals surface area contributed by atoms with Crippen LogP contribution in [0.15, 0.2) is 51.6 Å². The maximum Gasteiger partial charge on any atom is 0.208 e. The molecule has 1 N–H and O–H groups in total. The SMILES string of the molecule is CN(Cc1ccc(Cl)nc1)C1=NC(=N)SC1.CN(Cc1ccc(Cl)nc1)C1=NC(=NC#N)SC1.N#CBr. The lowest BCUT2D eigenvalue weighted by atomic mass is 10.3. The van der Waals surface area contributed by atoms with Crippen LogP contribution >= 0.6 is 62.7 Å². The first-order valence-electron chi connectivity index (χ1n) is 10.3. The number of rotatable bonds is 4. The molecule has 37 heavy (non-hydrogen) atoms. The molecule has 0 unspecified atom stereocenters. The average Bonchev–Trinajstić information content (AvgIpc) is 3.53. The van der Waals surface area contributed by atoms with Gasteiger partial charge in [-0.25, -0.2) is 20.0 Å². The van der Waals surface area contributed by atoms with E-state index in [1.807, 2.05) is 36.0 Å². The zero-order valence-electron chi connectivity index (χ0n) is 19.8. The van der Waals surface area contributed by atoms with Gasteiger partial charge in [-0.3, -0.25) is 5.41 Å². The summed E-state index contributed by atoms with van der Waals surface area (Å²) in [6.45, 7) is 1.43. The van der Waals surface area contributed by atoms with Crippen LogP contribution in [0, 0.1) is 27.1 Å². The smallest absolute Gasteiger partial charge is 0.208 e. The molecule has 2 aromatic heterocycles. The average molecular weight is 640 g/mol. The van der Waals surface area contributed by atoms with Gasteiger partial charge in [0, 0.05) is 55.5 Å². The minimum atomic E-state index is 0.385. The molecule has 2 aliphatic rings. The van der Waals surface area contributed by atoms with Crippen molar-refractivity contribution in [2.24, 2.45) is 15.0 Å². The van der Waals surface area contributed by atoms with E-state index in [0.29, 0.717) is 27.2 Å². The third-order valence-corrected chi connectivity index (χ3v) is 6.63. The van der Waals surface area contributed by atoms with E-state index in [2.05, 4.69) is 40.9 Å². The Morgan fingerprint density at radius 1 is 0.946 bits per heavy atom. The predicted molar refractivity (Wildman–Crippen MR) is 157 cm³/mol. The molecule has 2 aromatic rings. The fourth-order valence-corrected chi connectivity index (χ4v) is 4.60. The van der Waals surface area contributed by atoms with Crippen molar-refractivity contribution in [3.8, 4) is 11.2 Å². The first-order chi connectivity index (χ1) is 17.7. The van der Waals surface area contributed by atoms with Crippen LogP contribution in [0.3, 0.4) is 0 Å². The summed E-state index contributed by atoms with van der Waals surface area (Å²) in [4.78, 5) is 25.7. The lowest BCUT2D eigenvalue weighted by molar-refractivity contribution is 0.499. The molecule has 0 fully saturated rings. The van der Waals surface area contributed by atoms with Crippen molar-refractivity contribution in [3.05, 3.63) is 58.1 Å². The Morgan fingerprint density at radius 2 is 1.43 bits per heavy atom. The van der Waals surface area contributed by atoms with Crippen LogP contribution in [0.5, 0.6) is 0 Å². The van der Waals surface area contributed by atoms with Crippen molar-refractivity contribution in [1.29, 1.82) is 15.9 Å². The summed E-state index contributed by atoms with van der Waals surface area (Å²) in [6.07, 6.45) is 5.24. The fourth-order valence-electron chi connectivity index (χ4n) is 2.84. The summed E-state index contributed by atoms with van der Waals surface area (Å²) < 4.78 is 0. The predicted octanol–water partition coefficient (Wildman–Crippen LogP) is 5.26. The van der Waals surface area contributed by atoms with Gasteiger partial charge >= 0.3 is 0 Å². The number of hydrogen-bond acceptors (Lipinski definition) is 10. The number of aliphatic imine (C=N–C) groups is 3. The minimum Gasteiger partial charge on any atom is -0.358 e. The molecular weight excluding hydrogens is 619 g/mol. The van der Waals surface area contributed by atoms with E-state index in [4.69, 9.17) is 39.1 Å². The van der Waals surface area contributed by atoms with E-state index >= 15 is 0 Å². The first kappa shape index (κ1) is 30.5. The standard InChI is InChI=1S/C11H10ClN5S.C10H11ClN4S.CBrN/c1-17(5-8-2-3-9(12)14-4-8)10-6-18-11(16-10)15-7-13;1-15(9-6-16-10(12)14-9)5-7-2-3-8(11)13-4-7;2-1-3/h2-4H,5-6H2,1H3;2-4,12H,5-6H2,1H3;. The normalized spacial score (nSPS) is 14.8. The second-order valence-corrected chi connectivity index (χ2v) is 10.2. The van der Waals surface area contributed by atoms with Gasteiger partial charge in [0.25, 0.3) is 0 Å². The van der Waals surface area contributed by atoms with Crippen LogP contribution in [0.25, 0.3) is 0 Å². The van der Waals surface area contributed by atoms with Crippen LogP contribution in [-0.4, -0.2) is 67.4 Å². The second kappa shape index (κ2) is 16.2. The Balaban J connectivity index is 0.000000237. The van der Waals surface area contributed by atoms with Crippen molar-refractivity contribution in [2.45, 2.75) is 13.1 Å². The molecule has 0 spiro atoms. The number of aromatic nitrogens is 2. The van der Waals surface area contributed by atoms with Crippen LogP contribution in [0.4, 0.5) is 0 Å². The quantitative estimate of drug-likeness (QED) is 0.353.